The summed E-state index contributed by atoms with van der Waals surface area (Å²) in [5.41, 5.74) is 1.93. The average molecular weight is 355 g/mol. The molecule has 0 aliphatic carbocycles. The molecule has 132 valence electrons. The minimum Gasteiger partial charge on any atom is -0.497 e. The SMILES string of the molecule is C#Cc1nc(N2CCC([Si](C)(C)C)C2)n(Cc2ccc(OC)cc2)n1. The van der Waals surface area contributed by atoms with Crippen LogP contribution in [0.15, 0.2) is 24.3 Å². The highest BCUT2D eigenvalue weighted by Crippen LogP contribution is 2.34. The summed E-state index contributed by atoms with van der Waals surface area (Å²) in [4.78, 5) is 6.94. The fraction of sp³-hybridized carbons (Fsp3) is 0.474. The molecule has 1 aliphatic heterocycles. The van der Waals surface area contributed by atoms with E-state index in [2.05, 4.69) is 52.7 Å². The number of aromatic nitrogens is 3. The van der Waals surface area contributed by atoms with Crippen LogP contribution in [0.3, 0.4) is 0 Å². The van der Waals surface area contributed by atoms with Gasteiger partial charge in [-0.3, -0.25) is 0 Å². The van der Waals surface area contributed by atoms with E-state index in [4.69, 9.17) is 11.2 Å². The summed E-state index contributed by atoms with van der Waals surface area (Å²) in [5.74, 6) is 4.78. The lowest BCUT2D eigenvalue weighted by molar-refractivity contribution is 0.414. The van der Waals surface area contributed by atoms with Crippen molar-refractivity contribution in [2.24, 2.45) is 0 Å². The molecule has 0 N–H and O–H groups in total. The molecule has 1 unspecified atom stereocenters. The van der Waals surface area contributed by atoms with Gasteiger partial charge in [0.25, 0.3) is 0 Å². The van der Waals surface area contributed by atoms with Crippen molar-refractivity contribution >= 4 is 14.0 Å². The molecule has 6 heteroatoms. The molecule has 1 aromatic heterocycles. The van der Waals surface area contributed by atoms with E-state index >= 15 is 0 Å². The molecule has 25 heavy (non-hydrogen) atoms. The largest absolute Gasteiger partial charge is 0.497 e. The maximum Gasteiger partial charge on any atom is 0.226 e. The maximum absolute atomic E-state index is 5.54. The minimum atomic E-state index is -1.16. The molecule has 1 atom stereocenters. The van der Waals surface area contributed by atoms with E-state index in [1.165, 1.54) is 6.42 Å². The van der Waals surface area contributed by atoms with E-state index in [9.17, 15) is 0 Å². The van der Waals surface area contributed by atoms with Gasteiger partial charge in [-0.2, -0.15) is 4.98 Å². The van der Waals surface area contributed by atoms with Crippen molar-refractivity contribution in [1.82, 2.24) is 14.8 Å². The van der Waals surface area contributed by atoms with Crippen molar-refractivity contribution in [2.45, 2.75) is 38.1 Å². The van der Waals surface area contributed by atoms with Crippen LogP contribution in [-0.4, -0.2) is 43.0 Å². The number of hydrogen-bond donors (Lipinski definition) is 0. The van der Waals surface area contributed by atoms with Gasteiger partial charge in [-0.1, -0.05) is 31.8 Å². The van der Waals surface area contributed by atoms with Gasteiger partial charge in [0, 0.05) is 21.2 Å². The topological polar surface area (TPSA) is 43.2 Å². The molecule has 0 saturated carbocycles. The quantitative estimate of drug-likeness (QED) is 0.611. The summed E-state index contributed by atoms with van der Waals surface area (Å²) in [6.45, 7) is 10.1. The van der Waals surface area contributed by atoms with Crippen LogP contribution in [0.5, 0.6) is 5.75 Å². The zero-order valence-electron chi connectivity index (χ0n) is 15.5. The molecule has 2 heterocycles. The van der Waals surface area contributed by atoms with Gasteiger partial charge in [-0.15, -0.1) is 11.5 Å². The highest BCUT2D eigenvalue weighted by atomic mass is 28.3. The first-order valence-electron chi connectivity index (χ1n) is 8.70. The summed E-state index contributed by atoms with van der Waals surface area (Å²) < 4.78 is 7.16. The van der Waals surface area contributed by atoms with Crippen LogP contribution in [0.4, 0.5) is 5.95 Å². The standard InChI is InChI=1S/C19H26N4OSi/c1-6-18-20-19(22-12-11-17(14-22)25(3,4)5)23(21-18)13-15-7-9-16(24-2)10-8-15/h1,7-10,17H,11-14H2,2-5H3. The molecule has 0 radical (unpaired) electrons. The van der Waals surface area contributed by atoms with E-state index in [1.807, 2.05) is 16.8 Å². The second-order valence-corrected chi connectivity index (χ2v) is 13.2. The van der Waals surface area contributed by atoms with Crippen LogP contribution in [0, 0.1) is 12.3 Å². The van der Waals surface area contributed by atoms with Crippen molar-refractivity contribution in [1.29, 1.82) is 0 Å². The van der Waals surface area contributed by atoms with Gasteiger partial charge >= 0.3 is 0 Å². The predicted octanol–water partition coefficient (Wildman–Crippen LogP) is 3.23. The molecule has 1 aliphatic rings. The van der Waals surface area contributed by atoms with Gasteiger partial charge in [0.15, 0.2) is 0 Å². The van der Waals surface area contributed by atoms with Gasteiger partial charge in [0.05, 0.1) is 13.7 Å². The Kier molecular flexibility index (Phi) is 4.86. The third-order valence-corrected chi connectivity index (χ3v) is 7.89. The molecule has 2 aromatic rings. The number of ether oxygens (including phenoxy) is 1. The first-order valence-corrected chi connectivity index (χ1v) is 12.3. The van der Waals surface area contributed by atoms with Gasteiger partial charge in [-0.25, -0.2) is 4.68 Å². The van der Waals surface area contributed by atoms with Crippen molar-refractivity contribution in [2.75, 3.05) is 25.1 Å². The Morgan fingerprint density at radius 1 is 1.28 bits per heavy atom. The summed E-state index contributed by atoms with van der Waals surface area (Å²) >= 11 is 0. The number of methoxy groups -OCH3 is 1. The first kappa shape index (κ1) is 17.6. The van der Waals surface area contributed by atoms with Gasteiger partial charge < -0.3 is 9.64 Å². The lowest BCUT2D eigenvalue weighted by atomic mass is 10.2. The maximum atomic E-state index is 5.54. The lowest BCUT2D eigenvalue weighted by Crippen LogP contribution is -2.31. The molecule has 0 bridgehead atoms. The molecule has 3 rings (SSSR count). The zero-order chi connectivity index (χ0) is 18.0. The number of hydrogen-bond acceptors (Lipinski definition) is 4. The van der Waals surface area contributed by atoms with Gasteiger partial charge in [0.1, 0.15) is 5.75 Å². The summed E-state index contributed by atoms with van der Waals surface area (Å²) in [5, 5.41) is 4.51. The Hall–Kier alpha value is -2.26. The smallest absolute Gasteiger partial charge is 0.226 e. The summed E-state index contributed by atoms with van der Waals surface area (Å²) in [6, 6.07) is 8.03. The Balaban J connectivity index is 1.83. The normalized spacial score (nSPS) is 17.6. The summed E-state index contributed by atoms with van der Waals surface area (Å²) in [7, 11) is 0.517. The average Bonchev–Trinajstić information content (AvgIpc) is 3.21. The van der Waals surface area contributed by atoms with Crippen molar-refractivity contribution < 1.29 is 4.74 Å². The van der Waals surface area contributed by atoms with Crippen molar-refractivity contribution in [3.05, 3.63) is 35.7 Å². The third kappa shape index (κ3) is 3.88. The Morgan fingerprint density at radius 2 is 2.00 bits per heavy atom. The third-order valence-electron chi connectivity index (χ3n) is 4.97. The second-order valence-electron chi connectivity index (χ2n) is 7.68. The van der Waals surface area contributed by atoms with E-state index in [-0.39, 0.29) is 0 Å². The van der Waals surface area contributed by atoms with E-state index in [0.717, 1.165) is 35.9 Å². The second kappa shape index (κ2) is 6.93. The fourth-order valence-electron chi connectivity index (χ4n) is 3.29. The van der Waals surface area contributed by atoms with Crippen LogP contribution in [0.25, 0.3) is 0 Å². The van der Waals surface area contributed by atoms with E-state index in [1.54, 1.807) is 7.11 Å². The lowest BCUT2D eigenvalue weighted by Gasteiger charge is -2.25. The van der Waals surface area contributed by atoms with Crippen LogP contribution in [0.1, 0.15) is 17.8 Å². The number of benzene rings is 1. The molecule has 1 aromatic carbocycles. The number of rotatable bonds is 5. The minimum absolute atomic E-state index is 0.458. The predicted molar refractivity (Wildman–Crippen MR) is 104 cm³/mol. The number of terminal acetylenes is 1. The number of nitrogens with zero attached hydrogens (tertiary/aromatic N) is 4. The van der Waals surface area contributed by atoms with Gasteiger partial charge in [0.2, 0.25) is 11.8 Å². The van der Waals surface area contributed by atoms with E-state index in [0.29, 0.717) is 12.4 Å². The molecule has 0 amide bonds. The van der Waals surface area contributed by atoms with Crippen LogP contribution < -0.4 is 9.64 Å². The Bertz CT molecular complexity index is 770. The van der Waals surface area contributed by atoms with Gasteiger partial charge in [-0.05, 0) is 35.6 Å². The van der Waals surface area contributed by atoms with Crippen LogP contribution >= 0.6 is 0 Å². The molecule has 0 spiro atoms. The Morgan fingerprint density at radius 3 is 2.56 bits per heavy atom. The summed E-state index contributed by atoms with van der Waals surface area (Å²) in [6.07, 6.45) is 6.77. The van der Waals surface area contributed by atoms with Crippen LogP contribution in [-0.2, 0) is 6.54 Å². The van der Waals surface area contributed by atoms with Crippen LogP contribution in [0.2, 0.25) is 25.2 Å². The Labute approximate surface area is 151 Å². The highest BCUT2D eigenvalue weighted by Gasteiger charge is 2.35. The van der Waals surface area contributed by atoms with E-state index < -0.39 is 8.07 Å². The highest BCUT2D eigenvalue weighted by molar-refractivity contribution is 6.77. The van der Waals surface area contributed by atoms with Crippen molar-refractivity contribution in [3.63, 3.8) is 0 Å². The zero-order valence-corrected chi connectivity index (χ0v) is 16.5. The molecular weight excluding hydrogens is 328 g/mol. The molecule has 5 nitrogen and oxygen atoms in total. The molecule has 1 fully saturated rings. The molecule has 1 saturated heterocycles. The first-order chi connectivity index (χ1) is 11.9. The monoisotopic (exact) mass is 354 g/mol. The fourth-order valence-corrected chi connectivity index (χ4v) is 5.05. The number of anilines is 1. The molecular formula is C19H26N4OSi. The van der Waals surface area contributed by atoms with Crippen molar-refractivity contribution in [3.8, 4) is 18.1 Å².